The first kappa shape index (κ1) is 89.1. The Morgan fingerprint density at radius 1 is 0.297 bits per heavy atom. The number of carbonyl (C=O) groups is 4. The van der Waals surface area contributed by atoms with Crippen LogP contribution in [0.3, 0.4) is 0 Å². The van der Waals surface area contributed by atoms with Gasteiger partial charge in [-0.1, -0.05) is 324 Å². The second-order valence-electron chi connectivity index (χ2n) is 26.5. The maximum atomic E-state index is 13.0. The molecule has 0 saturated heterocycles. The van der Waals surface area contributed by atoms with Crippen molar-refractivity contribution in [2.75, 3.05) is 39.6 Å². The van der Waals surface area contributed by atoms with Gasteiger partial charge in [-0.15, -0.1) is 0 Å². The second-order valence-corrected chi connectivity index (χ2v) is 29.4. The maximum absolute atomic E-state index is 13.0. The summed E-state index contributed by atoms with van der Waals surface area (Å²) in [6.45, 7) is 7.27. The van der Waals surface area contributed by atoms with E-state index in [-0.39, 0.29) is 25.7 Å². The van der Waals surface area contributed by atoms with Gasteiger partial charge in [-0.25, -0.2) is 9.13 Å². The van der Waals surface area contributed by atoms with E-state index < -0.39 is 97.5 Å². The van der Waals surface area contributed by atoms with Crippen molar-refractivity contribution in [2.24, 2.45) is 5.92 Å². The number of rotatable bonds is 72. The van der Waals surface area contributed by atoms with Gasteiger partial charge < -0.3 is 33.8 Å². The zero-order chi connectivity index (χ0) is 67.0. The monoisotopic (exact) mass is 1340 g/mol. The number of carbonyl (C=O) groups excluding carboxylic acids is 4. The Kier molecular flexibility index (Phi) is 64.0. The number of phosphoric ester groups is 2. The van der Waals surface area contributed by atoms with Gasteiger partial charge in [0.25, 0.3) is 0 Å². The summed E-state index contributed by atoms with van der Waals surface area (Å²) in [5.74, 6) is -1.31. The minimum Gasteiger partial charge on any atom is -0.462 e. The number of phosphoric acid groups is 2. The average Bonchev–Trinajstić information content (AvgIpc) is 3.66. The van der Waals surface area contributed by atoms with Crippen LogP contribution in [0.25, 0.3) is 0 Å². The van der Waals surface area contributed by atoms with Gasteiger partial charge in [0, 0.05) is 25.7 Å². The van der Waals surface area contributed by atoms with Crippen molar-refractivity contribution in [1.29, 1.82) is 0 Å². The number of ether oxygens (including phenoxy) is 4. The van der Waals surface area contributed by atoms with E-state index in [4.69, 9.17) is 37.0 Å². The molecular weight excluding hydrogens is 1200 g/mol. The zero-order valence-electron chi connectivity index (χ0n) is 59.0. The van der Waals surface area contributed by atoms with Gasteiger partial charge in [-0.2, -0.15) is 0 Å². The summed E-state index contributed by atoms with van der Waals surface area (Å²) in [7, 11) is -9.90. The van der Waals surface area contributed by atoms with Gasteiger partial charge in [-0.05, 0) is 31.6 Å². The molecule has 0 aromatic rings. The molecule has 91 heavy (non-hydrogen) atoms. The fraction of sp³-hybridized carbons (Fsp3) is 0.944. The van der Waals surface area contributed by atoms with E-state index in [1.54, 1.807) is 0 Å². The Morgan fingerprint density at radius 3 is 0.747 bits per heavy atom. The van der Waals surface area contributed by atoms with E-state index >= 15 is 0 Å². The number of unbranched alkanes of at least 4 members (excludes halogenated alkanes) is 44. The van der Waals surface area contributed by atoms with Crippen LogP contribution in [0.2, 0.25) is 0 Å². The van der Waals surface area contributed by atoms with E-state index in [1.165, 1.54) is 193 Å². The lowest BCUT2D eigenvalue weighted by Crippen LogP contribution is -2.30. The Bertz CT molecular complexity index is 1750. The molecule has 3 N–H and O–H groups in total. The molecule has 0 aromatic heterocycles. The van der Waals surface area contributed by atoms with Crippen LogP contribution in [0.5, 0.6) is 0 Å². The van der Waals surface area contributed by atoms with E-state index in [2.05, 4.69) is 34.6 Å². The van der Waals surface area contributed by atoms with Crippen LogP contribution in [0, 0.1) is 5.92 Å². The molecule has 0 aliphatic heterocycles. The largest absolute Gasteiger partial charge is 0.472 e. The van der Waals surface area contributed by atoms with E-state index in [0.717, 1.165) is 102 Å². The molecule has 0 amide bonds. The molecule has 0 rings (SSSR count). The van der Waals surface area contributed by atoms with Crippen molar-refractivity contribution in [1.82, 2.24) is 0 Å². The van der Waals surface area contributed by atoms with Gasteiger partial charge in [-0.3, -0.25) is 37.3 Å². The van der Waals surface area contributed by atoms with Crippen LogP contribution in [0.1, 0.15) is 375 Å². The Labute approximate surface area is 556 Å². The van der Waals surface area contributed by atoms with Gasteiger partial charge in [0.15, 0.2) is 12.2 Å². The molecule has 0 aliphatic carbocycles. The van der Waals surface area contributed by atoms with Crippen molar-refractivity contribution in [2.45, 2.75) is 393 Å². The van der Waals surface area contributed by atoms with E-state index in [1.807, 2.05) is 0 Å². The first-order chi connectivity index (χ1) is 44.0. The molecule has 2 unspecified atom stereocenters. The van der Waals surface area contributed by atoms with Crippen LogP contribution in [-0.4, -0.2) is 96.7 Å². The molecule has 5 atom stereocenters. The lowest BCUT2D eigenvalue weighted by atomic mass is 10.0. The number of aliphatic hydroxyl groups is 1. The molecule has 0 aliphatic rings. The summed E-state index contributed by atoms with van der Waals surface area (Å²) in [4.78, 5) is 72.5. The minimum absolute atomic E-state index is 0.107. The fourth-order valence-electron chi connectivity index (χ4n) is 11.0. The van der Waals surface area contributed by atoms with Crippen LogP contribution in [0.15, 0.2) is 0 Å². The van der Waals surface area contributed by atoms with Crippen molar-refractivity contribution >= 4 is 39.5 Å². The van der Waals surface area contributed by atoms with Crippen molar-refractivity contribution < 1.29 is 80.2 Å². The predicted molar refractivity (Wildman–Crippen MR) is 368 cm³/mol. The Hall–Kier alpha value is -1.94. The molecule has 0 aromatic carbocycles. The predicted octanol–water partition coefficient (Wildman–Crippen LogP) is 20.9. The molecule has 19 heteroatoms. The number of esters is 4. The van der Waals surface area contributed by atoms with Crippen LogP contribution >= 0.6 is 15.6 Å². The third kappa shape index (κ3) is 66.5. The Balaban J connectivity index is 5.19. The normalized spacial score (nSPS) is 14.0. The highest BCUT2D eigenvalue weighted by molar-refractivity contribution is 7.47. The van der Waals surface area contributed by atoms with E-state index in [0.29, 0.717) is 25.7 Å². The van der Waals surface area contributed by atoms with Crippen LogP contribution in [0.4, 0.5) is 0 Å². The molecule has 0 heterocycles. The molecular formula is C72H140O17P2. The third-order valence-corrected chi connectivity index (χ3v) is 18.7. The zero-order valence-corrected chi connectivity index (χ0v) is 60.8. The first-order valence-corrected chi connectivity index (χ1v) is 40.6. The highest BCUT2D eigenvalue weighted by Gasteiger charge is 2.30. The summed E-state index contributed by atoms with van der Waals surface area (Å²) in [5.41, 5.74) is 0. The lowest BCUT2D eigenvalue weighted by molar-refractivity contribution is -0.161. The van der Waals surface area contributed by atoms with Gasteiger partial charge in [0.1, 0.15) is 19.3 Å². The highest BCUT2D eigenvalue weighted by atomic mass is 31.2. The highest BCUT2D eigenvalue weighted by Crippen LogP contribution is 2.45. The number of aliphatic hydroxyl groups excluding tert-OH is 1. The summed E-state index contributed by atoms with van der Waals surface area (Å²) in [6, 6.07) is 0. The number of hydrogen-bond donors (Lipinski definition) is 3. The fourth-order valence-corrected chi connectivity index (χ4v) is 12.6. The summed E-state index contributed by atoms with van der Waals surface area (Å²) in [5, 5.41) is 10.6. The van der Waals surface area contributed by atoms with E-state index in [9.17, 15) is 43.2 Å². The van der Waals surface area contributed by atoms with Crippen LogP contribution in [-0.2, 0) is 65.4 Å². The molecule has 0 bridgehead atoms. The smallest absolute Gasteiger partial charge is 0.462 e. The number of hydrogen-bond acceptors (Lipinski definition) is 15. The van der Waals surface area contributed by atoms with Gasteiger partial charge in [0.05, 0.1) is 26.4 Å². The Morgan fingerprint density at radius 2 is 0.505 bits per heavy atom. The van der Waals surface area contributed by atoms with Crippen molar-refractivity contribution in [3.05, 3.63) is 0 Å². The third-order valence-electron chi connectivity index (χ3n) is 16.8. The molecule has 0 spiro atoms. The SMILES string of the molecule is CCCCCCCCCCCCCCCC(=O)OC[C@H](COP(=O)(O)OC[C@@H](O)COP(=O)(O)OC[C@@H](COC(=O)CCCCCCCCCC)OC(=O)CCCCCCCCCCCCC)OC(=O)CCCCCCCCCCCCCCCCCCC(C)C. The maximum Gasteiger partial charge on any atom is 0.472 e. The van der Waals surface area contributed by atoms with Crippen molar-refractivity contribution in [3.63, 3.8) is 0 Å². The standard InChI is InChI=1S/C72H140O17P2/c1-6-9-12-15-18-21-23-28-33-36-41-46-51-56-70(75)83-62-68(89-72(77)58-53-48-43-38-34-30-27-25-24-26-29-32-35-39-44-49-54-65(4)5)64-87-91(80,81)85-60-66(73)59-84-90(78,79)86-63-67(61-82-69(74)55-50-45-40-20-17-14-11-8-3)88-71(76)57-52-47-42-37-31-22-19-16-13-10-7-2/h65-68,73H,6-64H2,1-5H3,(H,78,79)(H,80,81)/t66-,67+,68+/m0/s1. The van der Waals surface area contributed by atoms with Crippen molar-refractivity contribution in [3.8, 4) is 0 Å². The lowest BCUT2D eigenvalue weighted by Gasteiger charge is -2.21. The molecule has 540 valence electrons. The average molecular weight is 1340 g/mol. The minimum atomic E-state index is -4.95. The molecule has 0 saturated carbocycles. The first-order valence-electron chi connectivity index (χ1n) is 37.6. The van der Waals surface area contributed by atoms with Gasteiger partial charge >= 0.3 is 39.5 Å². The second kappa shape index (κ2) is 65.4. The molecule has 0 fully saturated rings. The quantitative estimate of drug-likeness (QED) is 0.0222. The summed E-state index contributed by atoms with van der Waals surface area (Å²) >= 11 is 0. The van der Waals surface area contributed by atoms with Gasteiger partial charge in [0.2, 0.25) is 0 Å². The topological polar surface area (TPSA) is 237 Å². The summed E-state index contributed by atoms with van der Waals surface area (Å²) < 4.78 is 68.3. The van der Waals surface area contributed by atoms with Crippen LogP contribution < -0.4 is 0 Å². The molecule has 0 radical (unpaired) electrons. The summed E-state index contributed by atoms with van der Waals surface area (Å²) in [6.07, 6.45) is 52.7. The molecule has 17 nitrogen and oxygen atoms in total.